The predicted molar refractivity (Wildman–Crippen MR) is 46.5 cm³/mol. The van der Waals surface area contributed by atoms with Crippen molar-refractivity contribution in [1.29, 1.82) is 0 Å². The Morgan fingerprint density at radius 3 is 2.91 bits per heavy atom. The highest BCUT2D eigenvalue weighted by Crippen LogP contribution is 2.10. The van der Waals surface area contributed by atoms with Gasteiger partial charge in [-0.05, 0) is 19.8 Å². The van der Waals surface area contributed by atoms with Gasteiger partial charge in [-0.15, -0.1) is 6.58 Å². The van der Waals surface area contributed by atoms with Crippen molar-refractivity contribution >= 4 is 0 Å². The molecule has 0 saturated carbocycles. The van der Waals surface area contributed by atoms with Crippen molar-refractivity contribution in [2.75, 3.05) is 19.6 Å². The quantitative estimate of drug-likeness (QED) is 0.615. The normalized spacial score (nSPS) is 25.8. The summed E-state index contributed by atoms with van der Waals surface area (Å²) < 4.78 is 0. The van der Waals surface area contributed by atoms with Crippen molar-refractivity contribution in [2.45, 2.75) is 25.9 Å². The number of rotatable bonds is 3. The average Bonchev–Trinajstić information content (AvgIpc) is 2.31. The van der Waals surface area contributed by atoms with Crippen LogP contribution in [0.25, 0.3) is 0 Å². The summed E-state index contributed by atoms with van der Waals surface area (Å²) in [5.41, 5.74) is 1.23. The molecule has 2 nitrogen and oxygen atoms in total. The number of aliphatic hydroxyl groups excluding tert-OH is 1. The molecule has 64 valence electrons. The first-order valence-electron chi connectivity index (χ1n) is 4.23. The molecule has 11 heavy (non-hydrogen) atoms. The molecule has 1 heterocycles. The third-order valence-electron chi connectivity index (χ3n) is 2.10. The molecule has 2 heteroatoms. The summed E-state index contributed by atoms with van der Waals surface area (Å²) in [4.78, 5) is 2.29. The summed E-state index contributed by atoms with van der Waals surface area (Å²) in [7, 11) is 0. The van der Waals surface area contributed by atoms with Gasteiger partial charge in [0.05, 0.1) is 6.10 Å². The number of aliphatic hydroxyl groups is 1. The molecule has 1 saturated heterocycles. The standard InChI is InChI=1S/C9H17NO/c1-8(2)3-5-10-6-4-9(11)7-10/h9,11H,1,3-7H2,2H3/t9-/m0/s1. The Hall–Kier alpha value is -0.340. The van der Waals surface area contributed by atoms with E-state index in [9.17, 15) is 5.11 Å². The molecule has 0 unspecified atom stereocenters. The number of hydrogen-bond donors (Lipinski definition) is 1. The molecule has 0 aromatic rings. The molecule has 0 aromatic heterocycles. The fourth-order valence-corrected chi connectivity index (χ4v) is 1.36. The lowest BCUT2D eigenvalue weighted by molar-refractivity contribution is 0.177. The first-order valence-corrected chi connectivity index (χ1v) is 4.23. The molecule has 0 bridgehead atoms. The maximum Gasteiger partial charge on any atom is 0.0679 e. The van der Waals surface area contributed by atoms with Crippen LogP contribution < -0.4 is 0 Å². The van der Waals surface area contributed by atoms with Gasteiger partial charge in [0.15, 0.2) is 0 Å². The molecule has 1 N–H and O–H groups in total. The van der Waals surface area contributed by atoms with Crippen LogP contribution in [0.1, 0.15) is 19.8 Å². The Morgan fingerprint density at radius 1 is 1.73 bits per heavy atom. The lowest BCUT2D eigenvalue weighted by Crippen LogP contribution is -2.23. The molecule has 1 aliphatic rings. The Kier molecular flexibility index (Phi) is 3.09. The van der Waals surface area contributed by atoms with E-state index >= 15 is 0 Å². The van der Waals surface area contributed by atoms with E-state index in [0.29, 0.717) is 0 Å². The lowest BCUT2D eigenvalue weighted by atomic mass is 10.2. The molecular formula is C9H17NO. The smallest absolute Gasteiger partial charge is 0.0679 e. The van der Waals surface area contributed by atoms with Gasteiger partial charge in [0.25, 0.3) is 0 Å². The lowest BCUT2D eigenvalue weighted by Gasteiger charge is -2.13. The molecule has 1 aliphatic heterocycles. The molecule has 0 aromatic carbocycles. The van der Waals surface area contributed by atoms with E-state index in [-0.39, 0.29) is 6.10 Å². The van der Waals surface area contributed by atoms with Crippen LogP contribution in [0.15, 0.2) is 12.2 Å². The van der Waals surface area contributed by atoms with Crippen molar-refractivity contribution < 1.29 is 5.11 Å². The van der Waals surface area contributed by atoms with Crippen molar-refractivity contribution in [3.8, 4) is 0 Å². The van der Waals surface area contributed by atoms with Gasteiger partial charge in [0.2, 0.25) is 0 Å². The van der Waals surface area contributed by atoms with E-state index < -0.39 is 0 Å². The zero-order valence-electron chi connectivity index (χ0n) is 7.21. The molecule has 0 radical (unpaired) electrons. The second-order valence-electron chi connectivity index (χ2n) is 3.45. The van der Waals surface area contributed by atoms with Crippen LogP contribution in [0.4, 0.5) is 0 Å². The second kappa shape index (κ2) is 3.88. The van der Waals surface area contributed by atoms with Gasteiger partial charge in [0.1, 0.15) is 0 Å². The van der Waals surface area contributed by atoms with E-state index in [0.717, 1.165) is 32.5 Å². The fourth-order valence-electron chi connectivity index (χ4n) is 1.36. The van der Waals surface area contributed by atoms with Gasteiger partial charge >= 0.3 is 0 Å². The largest absolute Gasteiger partial charge is 0.392 e. The molecule has 1 rings (SSSR count). The summed E-state index contributed by atoms with van der Waals surface area (Å²) in [6.45, 7) is 8.86. The first-order chi connectivity index (χ1) is 5.18. The summed E-state index contributed by atoms with van der Waals surface area (Å²) in [6.07, 6.45) is 1.92. The topological polar surface area (TPSA) is 23.5 Å². The summed E-state index contributed by atoms with van der Waals surface area (Å²) in [6, 6.07) is 0. The van der Waals surface area contributed by atoms with Crippen LogP contribution >= 0.6 is 0 Å². The molecule has 0 spiro atoms. The Labute approximate surface area is 68.5 Å². The highest BCUT2D eigenvalue weighted by Gasteiger charge is 2.18. The third kappa shape index (κ3) is 3.04. The van der Waals surface area contributed by atoms with Gasteiger partial charge in [-0.25, -0.2) is 0 Å². The number of β-amino-alcohol motifs (C(OH)–C–C–N with tert-alkyl or cyclic N) is 1. The van der Waals surface area contributed by atoms with E-state index in [1.54, 1.807) is 0 Å². The van der Waals surface area contributed by atoms with E-state index in [2.05, 4.69) is 11.5 Å². The van der Waals surface area contributed by atoms with Crippen molar-refractivity contribution in [1.82, 2.24) is 4.90 Å². The number of likely N-dealkylation sites (tertiary alicyclic amines) is 1. The highest BCUT2D eigenvalue weighted by molar-refractivity contribution is 4.89. The van der Waals surface area contributed by atoms with Crippen molar-refractivity contribution in [3.05, 3.63) is 12.2 Å². The monoisotopic (exact) mass is 155 g/mol. The van der Waals surface area contributed by atoms with Crippen LogP contribution in [-0.4, -0.2) is 35.7 Å². The average molecular weight is 155 g/mol. The highest BCUT2D eigenvalue weighted by atomic mass is 16.3. The van der Waals surface area contributed by atoms with E-state index in [4.69, 9.17) is 0 Å². The zero-order chi connectivity index (χ0) is 8.27. The summed E-state index contributed by atoms with van der Waals surface area (Å²) >= 11 is 0. The van der Waals surface area contributed by atoms with Crippen LogP contribution in [-0.2, 0) is 0 Å². The first kappa shape index (κ1) is 8.75. The minimum absolute atomic E-state index is 0.0832. The number of nitrogens with zero attached hydrogens (tertiary/aromatic N) is 1. The van der Waals surface area contributed by atoms with Crippen LogP contribution in [0, 0.1) is 0 Å². The Morgan fingerprint density at radius 2 is 2.45 bits per heavy atom. The Balaban J connectivity index is 2.13. The van der Waals surface area contributed by atoms with Crippen molar-refractivity contribution in [2.24, 2.45) is 0 Å². The predicted octanol–water partition coefficient (Wildman–Crippen LogP) is 1.02. The summed E-state index contributed by atoms with van der Waals surface area (Å²) in [5.74, 6) is 0. The molecule has 1 atom stereocenters. The molecule has 1 fully saturated rings. The van der Waals surface area contributed by atoms with Crippen LogP contribution in [0.3, 0.4) is 0 Å². The zero-order valence-corrected chi connectivity index (χ0v) is 7.21. The third-order valence-corrected chi connectivity index (χ3v) is 2.10. The van der Waals surface area contributed by atoms with Crippen molar-refractivity contribution in [3.63, 3.8) is 0 Å². The maximum absolute atomic E-state index is 9.20. The fraction of sp³-hybridized carbons (Fsp3) is 0.778. The van der Waals surface area contributed by atoms with E-state index in [1.807, 2.05) is 6.92 Å². The van der Waals surface area contributed by atoms with Crippen LogP contribution in [0.5, 0.6) is 0 Å². The summed E-state index contributed by atoms with van der Waals surface area (Å²) in [5, 5.41) is 9.20. The van der Waals surface area contributed by atoms with Gasteiger partial charge in [0, 0.05) is 19.6 Å². The minimum Gasteiger partial charge on any atom is -0.392 e. The molecular weight excluding hydrogens is 138 g/mol. The molecule has 0 aliphatic carbocycles. The maximum atomic E-state index is 9.20. The van der Waals surface area contributed by atoms with Gasteiger partial charge in [-0.1, -0.05) is 5.57 Å². The van der Waals surface area contributed by atoms with Gasteiger partial charge in [-0.2, -0.15) is 0 Å². The number of hydrogen-bond acceptors (Lipinski definition) is 2. The SMILES string of the molecule is C=C(C)CCN1CC[C@H](O)C1. The van der Waals surface area contributed by atoms with Gasteiger partial charge in [-0.3, -0.25) is 0 Å². The molecule has 0 amide bonds. The van der Waals surface area contributed by atoms with Gasteiger partial charge < -0.3 is 10.0 Å². The van der Waals surface area contributed by atoms with E-state index in [1.165, 1.54) is 5.57 Å². The second-order valence-corrected chi connectivity index (χ2v) is 3.45. The minimum atomic E-state index is -0.0832. The van der Waals surface area contributed by atoms with Crippen LogP contribution in [0.2, 0.25) is 0 Å². The Bertz CT molecular complexity index is 144.